The van der Waals surface area contributed by atoms with Gasteiger partial charge in [0.1, 0.15) is 0 Å². The van der Waals surface area contributed by atoms with E-state index in [4.69, 9.17) is 0 Å². The van der Waals surface area contributed by atoms with Crippen LogP contribution >= 0.6 is 0 Å². The molecule has 1 aromatic heterocycles. The van der Waals surface area contributed by atoms with Crippen molar-refractivity contribution in [2.75, 3.05) is 26.2 Å². The lowest BCUT2D eigenvalue weighted by atomic mass is 10.1. The molecule has 0 radical (unpaired) electrons. The van der Waals surface area contributed by atoms with E-state index in [1.165, 1.54) is 0 Å². The molecule has 1 saturated heterocycles. The van der Waals surface area contributed by atoms with Crippen LogP contribution in [0.3, 0.4) is 0 Å². The SMILES string of the molecule is CCCc1c(C(=O)N2CCN(C(C)=O)CC2)cnn1-c1ccccc1C. The van der Waals surface area contributed by atoms with Gasteiger partial charge >= 0.3 is 0 Å². The normalized spacial score (nSPS) is 14.6. The molecule has 0 atom stereocenters. The van der Waals surface area contributed by atoms with Crippen LogP contribution in [0.15, 0.2) is 30.5 Å². The lowest BCUT2D eigenvalue weighted by Gasteiger charge is -2.34. The number of para-hydroxylation sites is 1. The fourth-order valence-corrected chi connectivity index (χ4v) is 3.43. The number of carbonyl (C=O) groups excluding carboxylic acids is 2. The third kappa shape index (κ3) is 3.49. The average molecular weight is 354 g/mol. The van der Waals surface area contributed by atoms with Gasteiger partial charge in [-0.2, -0.15) is 5.10 Å². The molecule has 0 bridgehead atoms. The summed E-state index contributed by atoms with van der Waals surface area (Å²) >= 11 is 0. The number of nitrogens with zero attached hydrogens (tertiary/aromatic N) is 4. The number of piperazine rings is 1. The molecule has 0 spiro atoms. The Morgan fingerprint density at radius 3 is 2.35 bits per heavy atom. The highest BCUT2D eigenvalue weighted by Crippen LogP contribution is 2.21. The predicted octanol–water partition coefficient (Wildman–Crippen LogP) is 2.44. The third-order valence-electron chi connectivity index (χ3n) is 4.94. The molecule has 2 amide bonds. The Balaban J connectivity index is 1.87. The lowest BCUT2D eigenvalue weighted by molar-refractivity contribution is -0.130. The Labute approximate surface area is 154 Å². The molecule has 3 rings (SSSR count). The molecule has 0 N–H and O–H groups in total. The highest BCUT2D eigenvalue weighted by Gasteiger charge is 2.27. The fourth-order valence-electron chi connectivity index (χ4n) is 3.43. The van der Waals surface area contributed by atoms with Gasteiger partial charge in [0.15, 0.2) is 0 Å². The first-order chi connectivity index (χ1) is 12.5. The number of benzene rings is 1. The quantitative estimate of drug-likeness (QED) is 0.847. The number of hydrogen-bond acceptors (Lipinski definition) is 3. The monoisotopic (exact) mass is 354 g/mol. The highest BCUT2D eigenvalue weighted by atomic mass is 16.2. The Kier molecular flexibility index (Phi) is 5.40. The Morgan fingerprint density at radius 2 is 1.73 bits per heavy atom. The molecule has 1 aliphatic rings. The zero-order chi connectivity index (χ0) is 18.7. The van der Waals surface area contributed by atoms with Gasteiger partial charge in [-0.3, -0.25) is 9.59 Å². The van der Waals surface area contributed by atoms with Crippen molar-refractivity contribution in [2.45, 2.75) is 33.6 Å². The molecule has 26 heavy (non-hydrogen) atoms. The van der Waals surface area contributed by atoms with E-state index < -0.39 is 0 Å². The largest absolute Gasteiger partial charge is 0.339 e. The second-order valence-electron chi connectivity index (χ2n) is 6.75. The number of hydrogen-bond donors (Lipinski definition) is 0. The van der Waals surface area contributed by atoms with Gasteiger partial charge in [0.25, 0.3) is 5.91 Å². The van der Waals surface area contributed by atoms with Crippen LogP contribution in [0.4, 0.5) is 0 Å². The first kappa shape index (κ1) is 18.2. The van der Waals surface area contributed by atoms with Crippen molar-refractivity contribution in [2.24, 2.45) is 0 Å². The van der Waals surface area contributed by atoms with Crippen molar-refractivity contribution in [1.82, 2.24) is 19.6 Å². The van der Waals surface area contributed by atoms with Gasteiger partial charge in [0.05, 0.1) is 23.1 Å². The van der Waals surface area contributed by atoms with E-state index in [2.05, 4.69) is 25.0 Å². The van der Waals surface area contributed by atoms with Crippen molar-refractivity contribution in [3.05, 3.63) is 47.3 Å². The smallest absolute Gasteiger partial charge is 0.257 e. The van der Waals surface area contributed by atoms with Gasteiger partial charge in [-0.25, -0.2) is 4.68 Å². The zero-order valence-electron chi connectivity index (χ0n) is 15.7. The lowest BCUT2D eigenvalue weighted by Crippen LogP contribution is -2.50. The maximum atomic E-state index is 13.1. The Bertz CT molecular complexity index is 804. The van der Waals surface area contributed by atoms with Gasteiger partial charge in [-0.15, -0.1) is 0 Å². The maximum absolute atomic E-state index is 13.1. The van der Waals surface area contributed by atoms with E-state index >= 15 is 0 Å². The van der Waals surface area contributed by atoms with Crippen molar-refractivity contribution in [1.29, 1.82) is 0 Å². The van der Waals surface area contributed by atoms with Gasteiger partial charge < -0.3 is 9.80 Å². The standard InChI is InChI=1S/C20H26N4O2/c1-4-7-19-17(14-21-24(19)18-9-6-5-8-15(18)2)20(26)23-12-10-22(11-13-23)16(3)25/h5-6,8-9,14H,4,7,10-13H2,1-3H3. The summed E-state index contributed by atoms with van der Waals surface area (Å²) in [6, 6.07) is 8.07. The summed E-state index contributed by atoms with van der Waals surface area (Å²) in [6.07, 6.45) is 3.43. The molecule has 1 aliphatic heterocycles. The summed E-state index contributed by atoms with van der Waals surface area (Å²) in [4.78, 5) is 28.2. The summed E-state index contributed by atoms with van der Waals surface area (Å²) in [6.45, 7) is 8.05. The van der Waals surface area contributed by atoms with Crippen molar-refractivity contribution >= 4 is 11.8 Å². The van der Waals surface area contributed by atoms with Crippen molar-refractivity contribution in [3.8, 4) is 5.69 Å². The Hall–Kier alpha value is -2.63. The third-order valence-corrected chi connectivity index (χ3v) is 4.94. The Morgan fingerprint density at radius 1 is 1.08 bits per heavy atom. The van der Waals surface area contributed by atoms with Crippen molar-refractivity contribution < 1.29 is 9.59 Å². The molecule has 0 aliphatic carbocycles. The van der Waals surface area contributed by atoms with E-state index in [0.717, 1.165) is 29.8 Å². The van der Waals surface area contributed by atoms with E-state index in [1.807, 2.05) is 27.8 Å². The van der Waals surface area contributed by atoms with Gasteiger partial charge in [0.2, 0.25) is 5.91 Å². The molecule has 0 saturated carbocycles. The average Bonchev–Trinajstić information content (AvgIpc) is 3.05. The second kappa shape index (κ2) is 7.72. The second-order valence-corrected chi connectivity index (χ2v) is 6.75. The highest BCUT2D eigenvalue weighted by molar-refractivity contribution is 5.95. The summed E-state index contributed by atoms with van der Waals surface area (Å²) in [5.74, 6) is 0.0765. The maximum Gasteiger partial charge on any atom is 0.257 e. The minimum atomic E-state index is 0.0106. The molecule has 138 valence electrons. The van der Waals surface area contributed by atoms with Gasteiger partial charge in [-0.05, 0) is 25.0 Å². The van der Waals surface area contributed by atoms with Crippen LogP contribution in [0.1, 0.15) is 41.9 Å². The molecule has 2 heterocycles. The number of carbonyl (C=O) groups is 2. The zero-order valence-corrected chi connectivity index (χ0v) is 15.7. The number of aryl methyl sites for hydroxylation is 1. The van der Waals surface area contributed by atoms with E-state index in [-0.39, 0.29) is 11.8 Å². The van der Waals surface area contributed by atoms with Crippen LogP contribution in [-0.2, 0) is 11.2 Å². The predicted molar refractivity (Wildman–Crippen MR) is 100 cm³/mol. The first-order valence-corrected chi connectivity index (χ1v) is 9.20. The van der Waals surface area contributed by atoms with Crippen LogP contribution in [0.5, 0.6) is 0 Å². The molecule has 6 nitrogen and oxygen atoms in total. The van der Waals surface area contributed by atoms with Crippen LogP contribution in [0, 0.1) is 6.92 Å². The van der Waals surface area contributed by atoms with E-state index in [1.54, 1.807) is 18.0 Å². The molecular formula is C20H26N4O2. The molecule has 1 aromatic carbocycles. The fraction of sp³-hybridized carbons (Fsp3) is 0.450. The number of amides is 2. The molecule has 2 aromatic rings. The van der Waals surface area contributed by atoms with Crippen LogP contribution in [0.25, 0.3) is 5.69 Å². The van der Waals surface area contributed by atoms with E-state index in [0.29, 0.717) is 31.7 Å². The summed E-state index contributed by atoms with van der Waals surface area (Å²) in [5.41, 5.74) is 3.77. The topological polar surface area (TPSA) is 58.4 Å². The van der Waals surface area contributed by atoms with Gasteiger partial charge in [-0.1, -0.05) is 31.5 Å². The van der Waals surface area contributed by atoms with Crippen LogP contribution in [-0.4, -0.2) is 57.6 Å². The summed E-state index contributed by atoms with van der Waals surface area (Å²) in [7, 11) is 0. The first-order valence-electron chi connectivity index (χ1n) is 9.20. The number of rotatable bonds is 4. The minimum Gasteiger partial charge on any atom is -0.339 e. The van der Waals surface area contributed by atoms with Crippen LogP contribution in [0.2, 0.25) is 0 Å². The molecular weight excluding hydrogens is 328 g/mol. The molecule has 1 fully saturated rings. The minimum absolute atomic E-state index is 0.0106. The van der Waals surface area contributed by atoms with Crippen molar-refractivity contribution in [3.63, 3.8) is 0 Å². The van der Waals surface area contributed by atoms with E-state index in [9.17, 15) is 9.59 Å². The molecule has 6 heteroatoms. The van der Waals surface area contributed by atoms with Gasteiger partial charge in [0, 0.05) is 33.1 Å². The molecule has 0 unspecified atom stereocenters. The number of aromatic nitrogens is 2. The summed E-state index contributed by atoms with van der Waals surface area (Å²) < 4.78 is 1.90. The summed E-state index contributed by atoms with van der Waals surface area (Å²) in [5, 5.41) is 4.53. The van der Waals surface area contributed by atoms with Crippen LogP contribution < -0.4 is 0 Å².